The van der Waals surface area contributed by atoms with Gasteiger partial charge in [-0.1, -0.05) is 25.1 Å². The molecule has 6 nitrogen and oxygen atoms in total. The number of amides is 1. The van der Waals surface area contributed by atoms with Crippen molar-refractivity contribution in [2.24, 2.45) is 0 Å². The zero-order valence-corrected chi connectivity index (χ0v) is 17.8. The molecule has 0 aromatic heterocycles. The highest BCUT2D eigenvalue weighted by molar-refractivity contribution is 6.01. The van der Waals surface area contributed by atoms with E-state index >= 15 is 0 Å². The third-order valence-corrected chi connectivity index (χ3v) is 5.07. The molecule has 0 N–H and O–H groups in total. The van der Waals surface area contributed by atoms with Crippen LogP contribution in [0.2, 0.25) is 0 Å². The first-order valence-corrected chi connectivity index (χ1v) is 10.3. The Balaban J connectivity index is 1.70. The average Bonchev–Trinajstić information content (AvgIpc) is 2.81. The van der Waals surface area contributed by atoms with Crippen molar-refractivity contribution in [3.8, 4) is 17.6 Å². The number of ether oxygens (including phenoxy) is 2. The average molecular weight is 423 g/mol. The van der Waals surface area contributed by atoms with Gasteiger partial charge in [-0.05, 0) is 42.3 Å². The zero-order valence-electron chi connectivity index (χ0n) is 17.8. The maximum atomic E-state index is 14.0. The summed E-state index contributed by atoms with van der Waals surface area (Å²) in [6.45, 7) is 4.43. The number of piperazine rings is 1. The second kappa shape index (κ2) is 10.5. The van der Waals surface area contributed by atoms with Gasteiger partial charge in [-0.3, -0.25) is 4.79 Å². The van der Waals surface area contributed by atoms with Crippen molar-refractivity contribution in [3.05, 3.63) is 59.4 Å². The molecule has 7 heteroatoms. The molecule has 162 valence electrons. The summed E-state index contributed by atoms with van der Waals surface area (Å²) in [5.74, 6) is 0.558. The number of hydrogen-bond donors (Lipinski definition) is 0. The van der Waals surface area contributed by atoms with E-state index in [2.05, 4.69) is 0 Å². The Hall–Kier alpha value is -3.53. The molecule has 1 amide bonds. The van der Waals surface area contributed by atoms with Gasteiger partial charge < -0.3 is 19.3 Å². The van der Waals surface area contributed by atoms with Gasteiger partial charge in [0, 0.05) is 26.2 Å². The van der Waals surface area contributed by atoms with Crippen LogP contribution in [0.15, 0.2) is 48.0 Å². The lowest BCUT2D eigenvalue weighted by molar-refractivity contribution is -0.126. The molecule has 1 aliphatic heterocycles. The van der Waals surface area contributed by atoms with Crippen molar-refractivity contribution >= 4 is 17.7 Å². The summed E-state index contributed by atoms with van der Waals surface area (Å²) in [5.41, 5.74) is 1.25. The molecular formula is C24H26FN3O3. The van der Waals surface area contributed by atoms with Crippen molar-refractivity contribution < 1.29 is 18.7 Å². The molecular weight excluding hydrogens is 397 g/mol. The molecule has 1 fully saturated rings. The van der Waals surface area contributed by atoms with E-state index in [1.165, 1.54) is 6.07 Å². The van der Waals surface area contributed by atoms with Gasteiger partial charge in [-0.25, -0.2) is 4.39 Å². The molecule has 2 aromatic rings. The maximum Gasteiger partial charge on any atom is 0.264 e. The van der Waals surface area contributed by atoms with E-state index in [4.69, 9.17) is 9.47 Å². The van der Waals surface area contributed by atoms with E-state index in [1.54, 1.807) is 54.5 Å². The van der Waals surface area contributed by atoms with Crippen LogP contribution in [0.25, 0.3) is 6.08 Å². The molecule has 2 aromatic carbocycles. The van der Waals surface area contributed by atoms with E-state index in [0.717, 1.165) is 6.42 Å². The van der Waals surface area contributed by atoms with E-state index < -0.39 is 0 Å². The number of halogens is 1. The quantitative estimate of drug-likeness (QED) is 0.500. The van der Waals surface area contributed by atoms with Crippen LogP contribution in [-0.4, -0.2) is 50.7 Å². The molecule has 0 spiro atoms. The van der Waals surface area contributed by atoms with E-state index in [-0.39, 0.29) is 17.3 Å². The Morgan fingerprint density at radius 1 is 1.16 bits per heavy atom. The first kappa shape index (κ1) is 22.2. The molecule has 1 saturated heterocycles. The summed E-state index contributed by atoms with van der Waals surface area (Å²) in [4.78, 5) is 16.4. The molecule has 31 heavy (non-hydrogen) atoms. The van der Waals surface area contributed by atoms with Crippen molar-refractivity contribution in [3.63, 3.8) is 0 Å². The summed E-state index contributed by atoms with van der Waals surface area (Å²) < 4.78 is 25.0. The lowest BCUT2D eigenvalue weighted by Crippen LogP contribution is -2.49. The Kier molecular flexibility index (Phi) is 7.50. The van der Waals surface area contributed by atoms with Gasteiger partial charge in [0.1, 0.15) is 17.5 Å². The summed E-state index contributed by atoms with van der Waals surface area (Å²) in [6.07, 6.45) is 2.43. The standard InChI is InChI=1S/C24H26FN3O3/c1-3-14-31-22-9-8-18(16-23(22)30-2)15-19(17-26)24(29)28-12-10-27(11-13-28)21-7-5-4-6-20(21)25/h4-9,15-16H,3,10-14H2,1-2H3/b19-15+. The predicted molar refractivity (Wildman–Crippen MR) is 118 cm³/mol. The van der Waals surface area contributed by atoms with Crippen LogP contribution in [0.4, 0.5) is 10.1 Å². The SMILES string of the molecule is CCCOc1ccc(/C=C(\C#N)C(=O)N2CCN(c3ccccc3F)CC2)cc1OC. The number of benzene rings is 2. The van der Waals surface area contributed by atoms with Crippen LogP contribution in [0.3, 0.4) is 0 Å². The first-order valence-electron chi connectivity index (χ1n) is 10.3. The Morgan fingerprint density at radius 3 is 2.55 bits per heavy atom. The Labute approximate surface area is 182 Å². The van der Waals surface area contributed by atoms with Crippen LogP contribution >= 0.6 is 0 Å². The summed E-state index contributed by atoms with van der Waals surface area (Å²) >= 11 is 0. The first-order chi connectivity index (χ1) is 15.1. The van der Waals surface area contributed by atoms with Crippen LogP contribution in [0, 0.1) is 17.1 Å². The second-order valence-electron chi connectivity index (χ2n) is 7.16. The van der Waals surface area contributed by atoms with Gasteiger partial charge in [-0.15, -0.1) is 0 Å². The Morgan fingerprint density at radius 2 is 1.90 bits per heavy atom. The van der Waals surface area contributed by atoms with Gasteiger partial charge in [0.15, 0.2) is 11.5 Å². The minimum atomic E-state index is -0.332. The highest BCUT2D eigenvalue weighted by Crippen LogP contribution is 2.29. The molecule has 0 saturated carbocycles. The number of carbonyl (C=O) groups excluding carboxylic acids is 1. The third kappa shape index (κ3) is 5.34. The molecule has 0 radical (unpaired) electrons. The van der Waals surface area contributed by atoms with E-state index in [9.17, 15) is 14.4 Å². The number of hydrogen-bond acceptors (Lipinski definition) is 5. The normalized spacial score (nSPS) is 14.2. The van der Waals surface area contributed by atoms with E-state index in [1.807, 2.05) is 17.9 Å². The fourth-order valence-electron chi connectivity index (χ4n) is 3.44. The predicted octanol–water partition coefficient (Wildman–Crippen LogP) is 3.88. The van der Waals surface area contributed by atoms with Crippen molar-refractivity contribution in [2.75, 3.05) is 44.8 Å². The number of carbonyl (C=O) groups is 1. The van der Waals surface area contributed by atoms with Gasteiger partial charge in [0.2, 0.25) is 0 Å². The highest BCUT2D eigenvalue weighted by Gasteiger charge is 2.25. The summed E-state index contributed by atoms with van der Waals surface area (Å²) in [7, 11) is 1.55. The molecule has 0 aliphatic carbocycles. The fourth-order valence-corrected chi connectivity index (χ4v) is 3.44. The van der Waals surface area contributed by atoms with Crippen LogP contribution in [-0.2, 0) is 4.79 Å². The van der Waals surface area contributed by atoms with Crippen LogP contribution in [0.5, 0.6) is 11.5 Å². The molecule has 0 atom stereocenters. The third-order valence-electron chi connectivity index (χ3n) is 5.07. The van der Waals surface area contributed by atoms with Gasteiger partial charge in [-0.2, -0.15) is 5.26 Å². The number of nitrogens with zero attached hydrogens (tertiary/aromatic N) is 3. The Bertz CT molecular complexity index is 992. The molecule has 1 aliphatic rings. The minimum Gasteiger partial charge on any atom is -0.493 e. The lowest BCUT2D eigenvalue weighted by atomic mass is 10.1. The maximum absolute atomic E-state index is 14.0. The molecule has 0 unspecified atom stereocenters. The smallest absolute Gasteiger partial charge is 0.264 e. The highest BCUT2D eigenvalue weighted by atomic mass is 19.1. The number of rotatable bonds is 7. The lowest BCUT2D eigenvalue weighted by Gasteiger charge is -2.36. The number of methoxy groups -OCH3 is 1. The van der Waals surface area contributed by atoms with Crippen LogP contribution in [0.1, 0.15) is 18.9 Å². The second-order valence-corrected chi connectivity index (χ2v) is 7.16. The number of anilines is 1. The van der Waals surface area contributed by atoms with Crippen molar-refractivity contribution in [1.82, 2.24) is 4.90 Å². The van der Waals surface area contributed by atoms with E-state index in [0.29, 0.717) is 55.5 Å². The summed E-state index contributed by atoms with van der Waals surface area (Å²) in [6, 6.07) is 13.9. The monoisotopic (exact) mass is 423 g/mol. The summed E-state index contributed by atoms with van der Waals surface area (Å²) in [5, 5.41) is 9.57. The van der Waals surface area contributed by atoms with Crippen molar-refractivity contribution in [2.45, 2.75) is 13.3 Å². The zero-order chi connectivity index (χ0) is 22.2. The molecule has 3 rings (SSSR count). The van der Waals surface area contributed by atoms with Crippen LogP contribution < -0.4 is 14.4 Å². The largest absolute Gasteiger partial charge is 0.493 e. The fraction of sp³-hybridized carbons (Fsp3) is 0.333. The number of nitriles is 1. The minimum absolute atomic E-state index is 0.0450. The number of para-hydroxylation sites is 1. The van der Waals surface area contributed by atoms with Crippen molar-refractivity contribution in [1.29, 1.82) is 5.26 Å². The van der Waals surface area contributed by atoms with Gasteiger partial charge >= 0.3 is 0 Å². The molecule has 1 heterocycles. The van der Waals surface area contributed by atoms with Gasteiger partial charge in [0.05, 0.1) is 19.4 Å². The van der Waals surface area contributed by atoms with Gasteiger partial charge in [0.25, 0.3) is 5.91 Å². The topological polar surface area (TPSA) is 65.8 Å². The molecule has 0 bridgehead atoms.